The first-order chi connectivity index (χ1) is 12.5. The van der Waals surface area contributed by atoms with Crippen molar-refractivity contribution in [3.8, 4) is 0 Å². The molecule has 0 atom stereocenters. The molecule has 6 heteroatoms. The zero-order valence-corrected chi connectivity index (χ0v) is 15.2. The summed E-state index contributed by atoms with van der Waals surface area (Å²) >= 11 is 5.98. The van der Waals surface area contributed by atoms with Crippen molar-refractivity contribution in [1.82, 2.24) is 10.2 Å². The zero-order chi connectivity index (χ0) is 18.7. The summed E-state index contributed by atoms with van der Waals surface area (Å²) in [6, 6.07) is 11.6. The number of halogens is 2. The molecule has 136 valence electrons. The van der Waals surface area contributed by atoms with E-state index in [1.165, 1.54) is 18.2 Å². The van der Waals surface area contributed by atoms with Gasteiger partial charge in [-0.05, 0) is 43.5 Å². The molecule has 1 aliphatic rings. The number of nitrogens with one attached hydrogen (secondary N) is 1. The third-order valence-electron chi connectivity index (χ3n) is 4.68. The largest absolute Gasteiger partial charge is 0.349 e. The highest BCUT2D eigenvalue weighted by molar-refractivity contribution is 6.33. The van der Waals surface area contributed by atoms with Crippen molar-refractivity contribution in [1.29, 1.82) is 0 Å². The Morgan fingerprint density at radius 2 is 1.81 bits per heavy atom. The lowest BCUT2D eigenvalue weighted by Crippen LogP contribution is -2.46. The van der Waals surface area contributed by atoms with Crippen LogP contribution < -0.4 is 5.32 Å². The van der Waals surface area contributed by atoms with Crippen molar-refractivity contribution in [2.24, 2.45) is 0 Å². The highest BCUT2D eigenvalue weighted by atomic mass is 35.5. The van der Waals surface area contributed by atoms with Crippen LogP contribution in [0, 0.1) is 12.7 Å². The van der Waals surface area contributed by atoms with Crippen LogP contribution >= 0.6 is 11.6 Å². The summed E-state index contributed by atoms with van der Waals surface area (Å²) in [5.41, 5.74) is 1.49. The second kappa shape index (κ2) is 7.87. The first-order valence-corrected chi connectivity index (χ1v) is 8.95. The summed E-state index contributed by atoms with van der Waals surface area (Å²) in [4.78, 5) is 26.5. The standard InChI is InChI=1S/C20H20ClFN2O2/c1-13-5-2-3-6-15(13)19(25)23-14-9-11-24(12-10-14)20(26)18-16(21)7-4-8-17(18)22/h2-8,14H,9-12H2,1H3,(H,23,25). The molecular weight excluding hydrogens is 355 g/mol. The van der Waals surface area contributed by atoms with Gasteiger partial charge >= 0.3 is 0 Å². The molecule has 4 nitrogen and oxygen atoms in total. The molecule has 0 radical (unpaired) electrons. The Morgan fingerprint density at radius 3 is 2.46 bits per heavy atom. The number of carbonyl (C=O) groups is 2. The molecule has 3 rings (SSSR count). The Hall–Kier alpha value is -2.40. The molecule has 2 aromatic rings. The maximum Gasteiger partial charge on any atom is 0.258 e. The monoisotopic (exact) mass is 374 g/mol. The number of amides is 2. The van der Waals surface area contributed by atoms with Crippen molar-refractivity contribution >= 4 is 23.4 Å². The smallest absolute Gasteiger partial charge is 0.258 e. The van der Waals surface area contributed by atoms with E-state index in [0.29, 0.717) is 31.5 Å². The van der Waals surface area contributed by atoms with Gasteiger partial charge in [0.25, 0.3) is 11.8 Å². The van der Waals surface area contributed by atoms with Crippen molar-refractivity contribution < 1.29 is 14.0 Å². The van der Waals surface area contributed by atoms with Crippen LogP contribution in [0.5, 0.6) is 0 Å². The molecule has 1 saturated heterocycles. The summed E-state index contributed by atoms with van der Waals surface area (Å²) < 4.78 is 13.9. The summed E-state index contributed by atoms with van der Waals surface area (Å²) in [5.74, 6) is -1.13. The number of nitrogens with zero attached hydrogens (tertiary/aromatic N) is 1. The topological polar surface area (TPSA) is 49.4 Å². The lowest BCUT2D eigenvalue weighted by molar-refractivity contribution is 0.0694. The number of rotatable bonds is 3. The molecule has 1 N–H and O–H groups in total. The van der Waals surface area contributed by atoms with Gasteiger partial charge in [-0.3, -0.25) is 9.59 Å². The number of piperidine rings is 1. The van der Waals surface area contributed by atoms with Crippen LogP contribution in [0.2, 0.25) is 5.02 Å². The molecule has 1 heterocycles. The normalized spacial score (nSPS) is 15.0. The number of hydrogen-bond donors (Lipinski definition) is 1. The Bertz CT molecular complexity index is 812. The van der Waals surface area contributed by atoms with Gasteiger partial charge in [0, 0.05) is 24.7 Å². The van der Waals surface area contributed by atoms with Gasteiger partial charge < -0.3 is 10.2 Å². The molecule has 1 aliphatic heterocycles. The average molecular weight is 375 g/mol. The maximum atomic E-state index is 13.9. The van der Waals surface area contributed by atoms with Crippen LogP contribution in [-0.4, -0.2) is 35.8 Å². The van der Waals surface area contributed by atoms with Crippen molar-refractivity contribution in [2.45, 2.75) is 25.8 Å². The van der Waals surface area contributed by atoms with Gasteiger partial charge in [-0.15, -0.1) is 0 Å². The van der Waals surface area contributed by atoms with Crippen LogP contribution in [0.25, 0.3) is 0 Å². The van der Waals surface area contributed by atoms with Crippen molar-refractivity contribution in [2.75, 3.05) is 13.1 Å². The van der Waals surface area contributed by atoms with Crippen LogP contribution in [0.3, 0.4) is 0 Å². The average Bonchev–Trinajstić information content (AvgIpc) is 2.62. The Morgan fingerprint density at radius 1 is 1.12 bits per heavy atom. The van der Waals surface area contributed by atoms with Gasteiger partial charge in [-0.25, -0.2) is 4.39 Å². The molecule has 26 heavy (non-hydrogen) atoms. The minimum Gasteiger partial charge on any atom is -0.349 e. The molecule has 0 unspecified atom stereocenters. The van der Waals surface area contributed by atoms with Crippen molar-refractivity contribution in [3.63, 3.8) is 0 Å². The molecule has 1 fully saturated rings. The quantitative estimate of drug-likeness (QED) is 0.887. The lowest BCUT2D eigenvalue weighted by Gasteiger charge is -2.32. The molecule has 0 aliphatic carbocycles. The van der Waals surface area contributed by atoms with Gasteiger partial charge in [0.2, 0.25) is 0 Å². The fourth-order valence-electron chi connectivity index (χ4n) is 3.18. The lowest BCUT2D eigenvalue weighted by atomic mass is 10.0. The van der Waals surface area contributed by atoms with Crippen LogP contribution in [-0.2, 0) is 0 Å². The maximum absolute atomic E-state index is 13.9. The summed E-state index contributed by atoms with van der Waals surface area (Å²) in [6.45, 7) is 2.79. The Labute approximate surface area is 157 Å². The van der Waals surface area contributed by atoms with E-state index in [0.717, 1.165) is 5.56 Å². The fourth-order valence-corrected chi connectivity index (χ4v) is 3.42. The minimum atomic E-state index is -0.613. The van der Waals surface area contributed by atoms with Gasteiger partial charge in [-0.1, -0.05) is 35.9 Å². The molecule has 0 saturated carbocycles. The van der Waals surface area contributed by atoms with Gasteiger partial charge in [0.15, 0.2) is 0 Å². The molecular formula is C20H20ClFN2O2. The predicted molar refractivity (Wildman–Crippen MR) is 99.0 cm³/mol. The van der Waals surface area contributed by atoms with Gasteiger partial charge in [0.05, 0.1) is 10.6 Å². The summed E-state index contributed by atoms with van der Waals surface area (Å²) in [5, 5.41) is 3.14. The molecule has 2 amide bonds. The SMILES string of the molecule is Cc1ccccc1C(=O)NC1CCN(C(=O)c2c(F)cccc2Cl)CC1. The highest BCUT2D eigenvalue weighted by Crippen LogP contribution is 2.23. The molecule has 2 aromatic carbocycles. The van der Waals surface area contributed by atoms with Gasteiger partial charge in [-0.2, -0.15) is 0 Å². The van der Waals surface area contributed by atoms with E-state index in [2.05, 4.69) is 5.32 Å². The first-order valence-electron chi connectivity index (χ1n) is 8.57. The number of hydrogen-bond acceptors (Lipinski definition) is 2. The second-order valence-electron chi connectivity index (χ2n) is 6.45. The Balaban J connectivity index is 1.60. The zero-order valence-electron chi connectivity index (χ0n) is 14.5. The third-order valence-corrected chi connectivity index (χ3v) is 5.00. The first kappa shape index (κ1) is 18.4. The summed E-state index contributed by atoms with van der Waals surface area (Å²) in [6.07, 6.45) is 1.24. The Kier molecular flexibility index (Phi) is 5.57. The van der Waals surface area contributed by atoms with Crippen LogP contribution in [0.4, 0.5) is 4.39 Å². The van der Waals surface area contributed by atoms with Crippen LogP contribution in [0.1, 0.15) is 39.1 Å². The van der Waals surface area contributed by atoms with Gasteiger partial charge in [0.1, 0.15) is 5.82 Å². The van der Waals surface area contributed by atoms with E-state index in [9.17, 15) is 14.0 Å². The van der Waals surface area contributed by atoms with E-state index in [4.69, 9.17) is 11.6 Å². The van der Waals surface area contributed by atoms with Crippen LogP contribution in [0.15, 0.2) is 42.5 Å². The highest BCUT2D eigenvalue weighted by Gasteiger charge is 2.27. The third kappa shape index (κ3) is 3.88. The summed E-state index contributed by atoms with van der Waals surface area (Å²) in [7, 11) is 0. The number of benzene rings is 2. The number of carbonyl (C=O) groups excluding carboxylic acids is 2. The molecule has 0 bridgehead atoms. The van der Waals surface area contributed by atoms with E-state index in [1.807, 2.05) is 25.1 Å². The predicted octanol–water partition coefficient (Wildman–Crippen LogP) is 3.82. The molecule has 0 aromatic heterocycles. The minimum absolute atomic E-state index is 0.0118. The van der Waals surface area contributed by atoms with E-state index in [-0.39, 0.29) is 22.5 Å². The van der Waals surface area contributed by atoms with E-state index in [1.54, 1.807) is 11.0 Å². The second-order valence-corrected chi connectivity index (χ2v) is 6.86. The number of aryl methyl sites for hydroxylation is 1. The van der Waals surface area contributed by atoms with E-state index >= 15 is 0 Å². The number of likely N-dealkylation sites (tertiary alicyclic amines) is 1. The fraction of sp³-hybridized carbons (Fsp3) is 0.300. The van der Waals surface area contributed by atoms with Crippen molar-refractivity contribution in [3.05, 3.63) is 70.0 Å². The molecule has 0 spiro atoms. The van der Waals surface area contributed by atoms with E-state index < -0.39 is 11.7 Å².